The molecule has 0 spiro atoms. The number of amides is 2. The van der Waals surface area contributed by atoms with Crippen molar-refractivity contribution < 1.29 is 14.7 Å². The van der Waals surface area contributed by atoms with Gasteiger partial charge in [0.2, 0.25) is 11.8 Å². The van der Waals surface area contributed by atoms with Gasteiger partial charge in [0.1, 0.15) is 24.0 Å². The van der Waals surface area contributed by atoms with Crippen molar-refractivity contribution in [2.45, 2.75) is 65.9 Å². The SMILES string of the molecule is CC(O)N[C@H](C(=O)N1C[C@H]2C([C@H]1C(=O)NC(C#N)c1cnc3[nH]ccc3c1)C2(C)C)C(C)(C)C. The van der Waals surface area contributed by atoms with Gasteiger partial charge in [-0.25, -0.2) is 4.98 Å². The van der Waals surface area contributed by atoms with E-state index in [1.807, 2.05) is 32.9 Å². The summed E-state index contributed by atoms with van der Waals surface area (Å²) in [5, 5.41) is 26.4. The maximum Gasteiger partial charge on any atom is 0.244 e. The van der Waals surface area contributed by atoms with Crippen LogP contribution < -0.4 is 10.6 Å². The third-order valence-electron chi connectivity index (χ3n) is 7.45. The lowest BCUT2D eigenvalue weighted by Gasteiger charge is -2.38. The number of aliphatic hydroxyl groups excluding tert-OH is 1. The number of hydrogen-bond acceptors (Lipinski definition) is 6. The van der Waals surface area contributed by atoms with Gasteiger partial charge in [0.25, 0.3) is 0 Å². The third-order valence-corrected chi connectivity index (χ3v) is 7.45. The highest BCUT2D eigenvalue weighted by Gasteiger charge is 2.69. The maximum atomic E-state index is 13.7. The summed E-state index contributed by atoms with van der Waals surface area (Å²) in [6, 6.07) is 3.64. The molecule has 9 heteroatoms. The molecule has 3 unspecified atom stereocenters. The summed E-state index contributed by atoms with van der Waals surface area (Å²) in [5.74, 6) is -0.302. The molecule has 1 aliphatic carbocycles. The van der Waals surface area contributed by atoms with E-state index in [9.17, 15) is 20.0 Å². The van der Waals surface area contributed by atoms with Crippen LogP contribution in [0.15, 0.2) is 24.5 Å². The molecule has 34 heavy (non-hydrogen) atoms. The molecule has 2 aromatic heterocycles. The Hall–Kier alpha value is -2.96. The second-order valence-corrected chi connectivity index (χ2v) is 11.3. The topological polar surface area (TPSA) is 134 Å². The van der Waals surface area contributed by atoms with Gasteiger partial charge in [-0.05, 0) is 41.7 Å². The molecule has 182 valence electrons. The van der Waals surface area contributed by atoms with Gasteiger partial charge in [-0.3, -0.25) is 14.9 Å². The van der Waals surface area contributed by atoms with E-state index in [1.165, 1.54) is 0 Å². The first-order valence-corrected chi connectivity index (χ1v) is 11.7. The molecule has 1 aliphatic heterocycles. The normalized spacial score (nSPS) is 25.8. The average molecular weight is 467 g/mol. The number of aromatic nitrogens is 2. The number of hydrogen-bond donors (Lipinski definition) is 4. The van der Waals surface area contributed by atoms with E-state index in [2.05, 4.69) is 40.5 Å². The smallest absolute Gasteiger partial charge is 0.244 e. The first-order valence-electron chi connectivity index (χ1n) is 11.7. The van der Waals surface area contributed by atoms with Gasteiger partial charge in [-0.2, -0.15) is 5.26 Å². The van der Waals surface area contributed by atoms with Crippen LogP contribution in [-0.2, 0) is 9.59 Å². The van der Waals surface area contributed by atoms with E-state index in [4.69, 9.17) is 0 Å². The zero-order chi connectivity index (χ0) is 25.0. The lowest BCUT2D eigenvalue weighted by molar-refractivity contribution is -0.145. The van der Waals surface area contributed by atoms with E-state index < -0.39 is 29.8 Å². The molecule has 4 rings (SSSR count). The molecule has 2 aliphatic rings. The van der Waals surface area contributed by atoms with Crippen molar-refractivity contribution in [1.29, 1.82) is 5.26 Å². The van der Waals surface area contributed by atoms with Crippen LogP contribution in [0.5, 0.6) is 0 Å². The predicted octanol–water partition coefficient (Wildman–Crippen LogP) is 2.07. The Morgan fingerprint density at radius 2 is 2.09 bits per heavy atom. The van der Waals surface area contributed by atoms with Gasteiger partial charge in [0.15, 0.2) is 0 Å². The number of pyridine rings is 1. The van der Waals surface area contributed by atoms with E-state index in [0.29, 0.717) is 17.8 Å². The molecule has 4 N–H and O–H groups in total. The zero-order valence-electron chi connectivity index (χ0n) is 20.6. The Labute approximate surface area is 199 Å². The predicted molar refractivity (Wildman–Crippen MR) is 127 cm³/mol. The van der Waals surface area contributed by atoms with Crippen molar-refractivity contribution in [3.63, 3.8) is 0 Å². The van der Waals surface area contributed by atoms with Crippen molar-refractivity contribution in [2.75, 3.05) is 6.54 Å². The minimum atomic E-state index is -0.883. The Balaban J connectivity index is 1.59. The second kappa shape index (κ2) is 8.36. The molecule has 1 saturated heterocycles. The molecule has 6 atom stereocenters. The summed E-state index contributed by atoms with van der Waals surface area (Å²) in [7, 11) is 0. The number of piperidine rings is 1. The van der Waals surface area contributed by atoms with E-state index in [0.717, 1.165) is 5.39 Å². The number of rotatable bonds is 6. The van der Waals surface area contributed by atoms with E-state index in [-0.39, 0.29) is 29.1 Å². The van der Waals surface area contributed by atoms with Crippen LogP contribution in [0.1, 0.15) is 53.1 Å². The minimum Gasteiger partial charge on any atom is -0.379 e. The number of likely N-dealkylation sites (tertiary alicyclic amines) is 1. The highest BCUT2D eigenvalue weighted by Crippen LogP contribution is 2.65. The first kappa shape index (κ1) is 24.2. The number of nitriles is 1. The Kier molecular flexibility index (Phi) is 5.95. The monoisotopic (exact) mass is 466 g/mol. The average Bonchev–Trinajstić information content (AvgIpc) is 3.17. The summed E-state index contributed by atoms with van der Waals surface area (Å²) in [6.45, 7) is 12.1. The standard InChI is InChI=1S/C25H34N6O3/c1-13(32)29-20(24(2,3)4)23(34)31-12-16-18(25(16,5)6)19(31)22(33)30-17(10-26)15-9-14-7-8-27-21(14)28-11-15/h7-9,11,13,16-20,29,32H,12H2,1-6H3,(H,27,28)(H,30,33)/t13?,16-,17?,18?,19-,20+/m0/s1. The lowest BCUT2D eigenvalue weighted by Crippen LogP contribution is -2.59. The highest BCUT2D eigenvalue weighted by atomic mass is 16.3. The Morgan fingerprint density at radius 3 is 2.71 bits per heavy atom. The van der Waals surface area contributed by atoms with Gasteiger partial charge in [-0.15, -0.1) is 0 Å². The van der Waals surface area contributed by atoms with E-state index in [1.54, 1.807) is 24.2 Å². The van der Waals surface area contributed by atoms with Crippen molar-refractivity contribution in [3.05, 3.63) is 30.1 Å². The number of carbonyl (C=O) groups is 2. The summed E-state index contributed by atoms with van der Waals surface area (Å²) in [6.07, 6.45) is 2.48. The van der Waals surface area contributed by atoms with Gasteiger partial charge in [0.05, 0.1) is 12.1 Å². The maximum absolute atomic E-state index is 13.7. The van der Waals surface area contributed by atoms with Crippen molar-refractivity contribution in [3.8, 4) is 6.07 Å². The summed E-state index contributed by atoms with van der Waals surface area (Å²) in [5.41, 5.74) is 0.778. The molecule has 0 bridgehead atoms. The number of nitrogens with zero attached hydrogens (tertiary/aromatic N) is 3. The number of nitrogens with one attached hydrogen (secondary N) is 3. The van der Waals surface area contributed by atoms with Crippen LogP contribution >= 0.6 is 0 Å². The first-order chi connectivity index (χ1) is 15.9. The van der Waals surface area contributed by atoms with Crippen LogP contribution in [0, 0.1) is 34.0 Å². The fourth-order valence-electron chi connectivity index (χ4n) is 5.44. The molecule has 2 amide bonds. The van der Waals surface area contributed by atoms with Gasteiger partial charge >= 0.3 is 0 Å². The van der Waals surface area contributed by atoms with Crippen LogP contribution in [0.25, 0.3) is 11.0 Å². The number of carbonyl (C=O) groups excluding carboxylic acids is 2. The third kappa shape index (κ3) is 4.17. The minimum absolute atomic E-state index is 0.0215. The molecule has 2 fully saturated rings. The molecule has 2 aromatic rings. The molecule has 0 radical (unpaired) electrons. The number of fused-ring (bicyclic) bond motifs is 2. The Morgan fingerprint density at radius 1 is 1.38 bits per heavy atom. The quantitative estimate of drug-likeness (QED) is 0.482. The van der Waals surface area contributed by atoms with Crippen LogP contribution in [0.2, 0.25) is 0 Å². The molecular weight excluding hydrogens is 432 g/mol. The fourth-order valence-corrected chi connectivity index (χ4v) is 5.44. The van der Waals surface area contributed by atoms with Crippen LogP contribution in [0.3, 0.4) is 0 Å². The highest BCUT2D eigenvalue weighted by molar-refractivity contribution is 5.92. The van der Waals surface area contributed by atoms with Crippen molar-refractivity contribution in [1.82, 2.24) is 25.5 Å². The fraction of sp³-hybridized carbons (Fsp3) is 0.600. The summed E-state index contributed by atoms with van der Waals surface area (Å²) < 4.78 is 0. The molecule has 9 nitrogen and oxygen atoms in total. The molecular formula is C25H34N6O3. The number of H-pyrrole nitrogens is 1. The molecule has 0 aromatic carbocycles. The Bertz CT molecular complexity index is 1140. The number of aromatic amines is 1. The number of aliphatic hydroxyl groups is 1. The largest absolute Gasteiger partial charge is 0.379 e. The van der Waals surface area contributed by atoms with Crippen molar-refractivity contribution in [2.24, 2.45) is 22.7 Å². The molecule has 1 saturated carbocycles. The van der Waals surface area contributed by atoms with Crippen LogP contribution in [-0.4, -0.2) is 56.6 Å². The summed E-state index contributed by atoms with van der Waals surface area (Å²) in [4.78, 5) is 36.2. The van der Waals surface area contributed by atoms with Gasteiger partial charge in [0, 0.05) is 29.9 Å². The van der Waals surface area contributed by atoms with Gasteiger partial charge < -0.3 is 20.3 Å². The molecule has 3 heterocycles. The van der Waals surface area contributed by atoms with Crippen LogP contribution in [0.4, 0.5) is 0 Å². The summed E-state index contributed by atoms with van der Waals surface area (Å²) >= 11 is 0. The second-order valence-electron chi connectivity index (χ2n) is 11.3. The van der Waals surface area contributed by atoms with Crippen molar-refractivity contribution >= 4 is 22.8 Å². The zero-order valence-corrected chi connectivity index (χ0v) is 20.6. The van der Waals surface area contributed by atoms with E-state index >= 15 is 0 Å². The van der Waals surface area contributed by atoms with Gasteiger partial charge in [-0.1, -0.05) is 34.6 Å². The lowest BCUT2D eigenvalue weighted by atomic mass is 9.85.